The van der Waals surface area contributed by atoms with Gasteiger partial charge in [-0.15, -0.1) is 6.58 Å². The Morgan fingerprint density at radius 2 is 2.00 bits per heavy atom. The summed E-state index contributed by atoms with van der Waals surface area (Å²) >= 11 is 0. The van der Waals surface area contributed by atoms with Gasteiger partial charge in [0.2, 0.25) is 0 Å². The van der Waals surface area contributed by atoms with Crippen LogP contribution in [0.5, 0.6) is 0 Å². The number of hydrogen-bond donors (Lipinski definition) is 1. The Bertz CT molecular complexity index is 1140. The van der Waals surface area contributed by atoms with Crippen LogP contribution in [0.4, 0.5) is 0 Å². The van der Waals surface area contributed by atoms with Crippen LogP contribution in [0.1, 0.15) is 35.6 Å². The summed E-state index contributed by atoms with van der Waals surface area (Å²) in [5.74, 6) is 1.08. The predicted octanol–water partition coefficient (Wildman–Crippen LogP) is 4.75. The van der Waals surface area contributed by atoms with E-state index >= 15 is 0 Å². The van der Waals surface area contributed by atoms with E-state index in [1.165, 1.54) is 12.0 Å². The van der Waals surface area contributed by atoms with Gasteiger partial charge >= 0.3 is 0 Å². The van der Waals surface area contributed by atoms with E-state index in [9.17, 15) is 5.11 Å². The summed E-state index contributed by atoms with van der Waals surface area (Å²) in [7, 11) is 0. The van der Waals surface area contributed by atoms with Crippen molar-refractivity contribution in [3.8, 4) is 6.07 Å². The van der Waals surface area contributed by atoms with Crippen molar-refractivity contribution in [2.24, 2.45) is 11.8 Å². The van der Waals surface area contributed by atoms with E-state index in [0.717, 1.165) is 47.0 Å². The lowest BCUT2D eigenvalue weighted by Gasteiger charge is -2.58. The van der Waals surface area contributed by atoms with E-state index in [4.69, 9.17) is 5.26 Å². The minimum absolute atomic E-state index is 0.136. The molecule has 3 aliphatic rings. The Morgan fingerprint density at radius 1 is 1.19 bits per heavy atom. The first-order chi connectivity index (χ1) is 15.1. The zero-order valence-corrected chi connectivity index (χ0v) is 17.7. The van der Waals surface area contributed by atoms with Crippen molar-refractivity contribution in [3.63, 3.8) is 0 Å². The molecule has 2 bridgehead atoms. The van der Waals surface area contributed by atoms with Gasteiger partial charge in [-0.05, 0) is 35.7 Å². The second-order valence-electron chi connectivity index (χ2n) is 9.21. The van der Waals surface area contributed by atoms with Gasteiger partial charge in [0.05, 0.1) is 30.2 Å². The fourth-order valence-corrected chi connectivity index (χ4v) is 6.01. The number of quaternary nitrogens is 1. The zero-order chi connectivity index (χ0) is 21.4. The zero-order valence-electron chi connectivity index (χ0n) is 17.7. The molecule has 3 saturated heterocycles. The van der Waals surface area contributed by atoms with Crippen LogP contribution >= 0.6 is 0 Å². The molecule has 3 aliphatic heterocycles. The van der Waals surface area contributed by atoms with Crippen molar-refractivity contribution in [2.45, 2.75) is 31.5 Å². The molecule has 0 radical (unpaired) electrons. The Balaban J connectivity index is 1.54. The highest BCUT2D eigenvalue weighted by atomic mass is 16.3. The van der Waals surface area contributed by atoms with Gasteiger partial charge < -0.3 is 9.59 Å². The number of rotatable bonds is 5. The average Bonchev–Trinajstić information content (AvgIpc) is 2.83. The average molecular weight is 411 g/mol. The van der Waals surface area contributed by atoms with Crippen LogP contribution < -0.4 is 0 Å². The molecule has 31 heavy (non-hydrogen) atoms. The third-order valence-corrected chi connectivity index (χ3v) is 7.62. The molecule has 2 aromatic carbocycles. The van der Waals surface area contributed by atoms with Gasteiger partial charge in [-0.3, -0.25) is 4.98 Å². The van der Waals surface area contributed by atoms with Crippen LogP contribution in [0.3, 0.4) is 0 Å². The number of fused-ring (bicyclic) bond motifs is 4. The van der Waals surface area contributed by atoms with Crippen LogP contribution in [0.2, 0.25) is 0 Å². The topological polar surface area (TPSA) is 56.9 Å². The molecule has 1 unspecified atom stereocenters. The Kier molecular flexibility index (Phi) is 5.09. The van der Waals surface area contributed by atoms with Gasteiger partial charge in [0.15, 0.2) is 0 Å². The summed E-state index contributed by atoms with van der Waals surface area (Å²) in [6.45, 7) is 7.07. The predicted molar refractivity (Wildman–Crippen MR) is 122 cm³/mol. The van der Waals surface area contributed by atoms with Gasteiger partial charge in [0.25, 0.3) is 0 Å². The van der Waals surface area contributed by atoms with Crippen LogP contribution in [0.25, 0.3) is 10.9 Å². The molecule has 0 spiro atoms. The minimum atomic E-state index is -0.542. The highest BCUT2D eigenvalue weighted by Gasteiger charge is 2.53. The van der Waals surface area contributed by atoms with E-state index < -0.39 is 6.10 Å². The van der Waals surface area contributed by atoms with E-state index in [-0.39, 0.29) is 6.04 Å². The van der Waals surface area contributed by atoms with E-state index in [0.29, 0.717) is 17.4 Å². The molecule has 1 aromatic heterocycles. The maximum atomic E-state index is 11.7. The SMILES string of the molecule is C=C[C@H]1C[N+]2(Cc3ccc(C#N)cc3)CC[C@H]1C[C@H]2[C@H](O)c1ccnc2ccccc12. The molecule has 4 heterocycles. The first-order valence-corrected chi connectivity index (χ1v) is 11.1. The molecule has 3 fully saturated rings. The Hall–Kier alpha value is -3.00. The second-order valence-corrected chi connectivity index (χ2v) is 9.21. The Morgan fingerprint density at radius 3 is 2.77 bits per heavy atom. The summed E-state index contributed by atoms with van der Waals surface area (Å²) in [6, 6.07) is 20.3. The molecular formula is C27H28N3O+. The smallest absolute Gasteiger partial charge is 0.131 e. The van der Waals surface area contributed by atoms with Crippen molar-refractivity contribution in [1.29, 1.82) is 5.26 Å². The maximum absolute atomic E-state index is 11.7. The highest BCUT2D eigenvalue weighted by molar-refractivity contribution is 5.82. The second kappa shape index (κ2) is 7.92. The number of hydrogen-bond acceptors (Lipinski definition) is 3. The number of aromatic nitrogens is 1. The molecule has 5 atom stereocenters. The fraction of sp³-hybridized carbons (Fsp3) is 0.333. The molecule has 0 aliphatic carbocycles. The lowest BCUT2D eigenvalue weighted by molar-refractivity contribution is -0.984. The van der Waals surface area contributed by atoms with E-state index in [2.05, 4.69) is 41.9 Å². The fourth-order valence-electron chi connectivity index (χ4n) is 6.01. The molecule has 156 valence electrons. The van der Waals surface area contributed by atoms with E-state index in [1.54, 1.807) is 0 Å². The van der Waals surface area contributed by atoms with Gasteiger partial charge in [0, 0.05) is 35.9 Å². The van der Waals surface area contributed by atoms with E-state index in [1.807, 2.05) is 42.6 Å². The number of pyridine rings is 1. The largest absolute Gasteiger partial charge is 0.382 e. The lowest BCUT2D eigenvalue weighted by atomic mass is 9.71. The van der Waals surface area contributed by atoms with Gasteiger partial charge in [-0.2, -0.15) is 5.26 Å². The highest BCUT2D eigenvalue weighted by Crippen LogP contribution is 2.48. The number of para-hydroxylation sites is 1. The summed E-state index contributed by atoms with van der Waals surface area (Å²) in [6.07, 6.45) is 5.58. The third kappa shape index (κ3) is 3.44. The summed E-state index contributed by atoms with van der Waals surface area (Å²) in [5, 5.41) is 21.9. The third-order valence-electron chi connectivity index (χ3n) is 7.62. The standard InChI is InChI=1S/C27H28N3O/c1-2-21-18-30(17-20-9-7-19(16-28)8-10-20)14-12-22(21)15-26(30)27(31)24-11-13-29-25-6-4-3-5-23(24)25/h2-11,13,21-22,26-27,31H,1,12,14-15,17-18H2/q+1/t21-,22-,26-,27+,30?/m0/s1. The van der Waals surface area contributed by atoms with Gasteiger partial charge in [0.1, 0.15) is 18.7 Å². The quantitative estimate of drug-likeness (QED) is 0.488. The van der Waals surface area contributed by atoms with Crippen molar-refractivity contribution < 1.29 is 9.59 Å². The van der Waals surface area contributed by atoms with Crippen molar-refractivity contribution in [2.75, 3.05) is 13.1 Å². The van der Waals surface area contributed by atoms with Crippen molar-refractivity contribution in [3.05, 3.63) is 90.1 Å². The summed E-state index contributed by atoms with van der Waals surface area (Å²) in [5.41, 5.74) is 3.82. The Labute approximate surface area is 183 Å². The first-order valence-electron chi connectivity index (χ1n) is 11.1. The number of benzene rings is 2. The number of nitriles is 1. The molecule has 6 rings (SSSR count). The molecular weight excluding hydrogens is 382 g/mol. The first kappa shape index (κ1) is 19.9. The van der Waals surface area contributed by atoms with Crippen molar-refractivity contribution >= 4 is 10.9 Å². The number of aliphatic hydroxyl groups excluding tert-OH is 1. The molecule has 0 amide bonds. The van der Waals surface area contributed by atoms with Crippen LogP contribution in [-0.2, 0) is 6.54 Å². The molecule has 4 nitrogen and oxygen atoms in total. The minimum Gasteiger partial charge on any atom is -0.382 e. The molecule has 4 heteroatoms. The monoisotopic (exact) mass is 410 g/mol. The van der Waals surface area contributed by atoms with Gasteiger partial charge in [-0.1, -0.05) is 36.4 Å². The summed E-state index contributed by atoms with van der Waals surface area (Å²) < 4.78 is 0.872. The van der Waals surface area contributed by atoms with Gasteiger partial charge in [-0.25, -0.2) is 0 Å². The number of nitrogens with zero attached hydrogens (tertiary/aromatic N) is 3. The molecule has 3 aromatic rings. The number of aliphatic hydroxyl groups is 1. The maximum Gasteiger partial charge on any atom is 0.131 e. The normalized spacial score (nSPS) is 28.2. The molecule has 0 saturated carbocycles. The number of piperidine rings is 3. The lowest BCUT2D eigenvalue weighted by Crippen LogP contribution is -2.67. The molecule has 1 N–H and O–H groups in total. The van der Waals surface area contributed by atoms with Crippen LogP contribution in [0.15, 0.2) is 73.4 Å². The van der Waals surface area contributed by atoms with Crippen LogP contribution in [0, 0.1) is 23.2 Å². The van der Waals surface area contributed by atoms with Crippen LogP contribution in [-0.4, -0.2) is 33.7 Å². The van der Waals surface area contributed by atoms with Crippen molar-refractivity contribution in [1.82, 2.24) is 4.98 Å². The summed E-state index contributed by atoms with van der Waals surface area (Å²) in [4.78, 5) is 4.49.